The zero-order valence-electron chi connectivity index (χ0n) is 12.2. The summed E-state index contributed by atoms with van der Waals surface area (Å²) >= 11 is 0. The van der Waals surface area contributed by atoms with Crippen LogP contribution < -0.4 is 10.2 Å². The first-order valence-electron chi connectivity index (χ1n) is 7.48. The Morgan fingerprint density at radius 2 is 2.05 bits per heavy atom. The Morgan fingerprint density at radius 1 is 1.29 bits per heavy atom. The number of pyridine rings is 1. The fraction of sp³-hybridized carbons (Fsp3) is 0.353. The molecule has 110 valence electrons. The third kappa shape index (κ3) is 3.39. The number of para-hydroxylation sites is 1. The third-order valence-electron chi connectivity index (χ3n) is 3.71. The lowest BCUT2D eigenvalue weighted by atomic mass is 10.2. The maximum absolute atomic E-state index is 13.5. The van der Waals surface area contributed by atoms with Crippen LogP contribution in [0.15, 0.2) is 42.6 Å². The second kappa shape index (κ2) is 6.22. The van der Waals surface area contributed by atoms with Gasteiger partial charge < -0.3 is 10.2 Å². The van der Waals surface area contributed by atoms with E-state index in [-0.39, 0.29) is 5.82 Å². The number of nitrogens with one attached hydrogen (secondary N) is 1. The SMILES string of the molecule is CCN(c1ccccc1)c1ncc(F)cc1CNC1CC1. The Bertz CT molecular complexity index is 596. The molecule has 0 aliphatic heterocycles. The molecule has 3 nitrogen and oxygen atoms in total. The molecule has 1 aliphatic carbocycles. The molecule has 0 radical (unpaired) electrons. The van der Waals surface area contributed by atoms with Crippen LogP contribution >= 0.6 is 0 Å². The van der Waals surface area contributed by atoms with Crippen molar-refractivity contribution < 1.29 is 4.39 Å². The van der Waals surface area contributed by atoms with Crippen molar-refractivity contribution in [3.63, 3.8) is 0 Å². The van der Waals surface area contributed by atoms with Gasteiger partial charge >= 0.3 is 0 Å². The molecular weight excluding hydrogens is 265 g/mol. The molecule has 0 spiro atoms. The first-order chi connectivity index (χ1) is 10.3. The molecule has 0 bridgehead atoms. The van der Waals surface area contributed by atoms with Crippen molar-refractivity contribution in [3.05, 3.63) is 54.0 Å². The van der Waals surface area contributed by atoms with Gasteiger partial charge in [-0.15, -0.1) is 0 Å². The van der Waals surface area contributed by atoms with Crippen LogP contribution in [0.5, 0.6) is 0 Å². The number of benzene rings is 1. The predicted molar refractivity (Wildman–Crippen MR) is 83.2 cm³/mol. The van der Waals surface area contributed by atoms with E-state index in [4.69, 9.17) is 0 Å². The van der Waals surface area contributed by atoms with E-state index in [1.165, 1.54) is 19.0 Å². The average molecular weight is 285 g/mol. The van der Waals surface area contributed by atoms with Gasteiger partial charge in [0.2, 0.25) is 0 Å². The van der Waals surface area contributed by atoms with Gasteiger partial charge in [-0.3, -0.25) is 0 Å². The van der Waals surface area contributed by atoms with Crippen LogP contribution in [-0.4, -0.2) is 17.6 Å². The molecule has 0 atom stereocenters. The van der Waals surface area contributed by atoms with E-state index in [2.05, 4.69) is 22.1 Å². The highest BCUT2D eigenvalue weighted by Gasteiger charge is 2.22. The van der Waals surface area contributed by atoms with Gasteiger partial charge in [0.25, 0.3) is 0 Å². The predicted octanol–water partition coefficient (Wildman–Crippen LogP) is 3.63. The highest BCUT2D eigenvalue weighted by molar-refractivity contribution is 5.62. The van der Waals surface area contributed by atoms with E-state index in [0.29, 0.717) is 12.6 Å². The zero-order chi connectivity index (χ0) is 14.7. The van der Waals surface area contributed by atoms with Crippen molar-refractivity contribution in [1.29, 1.82) is 0 Å². The Balaban J connectivity index is 1.90. The van der Waals surface area contributed by atoms with Crippen molar-refractivity contribution in [1.82, 2.24) is 10.3 Å². The number of nitrogens with zero attached hydrogens (tertiary/aromatic N) is 2. The first kappa shape index (κ1) is 14.0. The van der Waals surface area contributed by atoms with Crippen LogP contribution in [-0.2, 0) is 6.54 Å². The van der Waals surface area contributed by atoms with Crippen molar-refractivity contribution in [2.24, 2.45) is 0 Å². The van der Waals surface area contributed by atoms with E-state index in [0.717, 1.165) is 23.6 Å². The second-order valence-electron chi connectivity index (χ2n) is 5.37. The Morgan fingerprint density at radius 3 is 2.71 bits per heavy atom. The maximum atomic E-state index is 13.5. The molecule has 1 aromatic carbocycles. The molecule has 0 unspecified atom stereocenters. The number of hydrogen-bond donors (Lipinski definition) is 1. The Labute approximate surface area is 124 Å². The second-order valence-corrected chi connectivity index (χ2v) is 5.37. The molecule has 0 amide bonds. The average Bonchev–Trinajstić information content (AvgIpc) is 3.33. The largest absolute Gasteiger partial charge is 0.326 e. The van der Waals surface area contributed by atoms with Crippen molar-refractivity contribution >= 4 is 11.5 Å². The van der Waals surface area contributed by atoms with Gasteiger partial charge in [0, 0.05) is 30.4 Å². The molecule has 1 aliphatic rings. The minimum atomic E-state index is -0.282. The topological polar surface area (TPSA) is 28.2 Å². The van der Waals surface area contributed by atoms with Crippen molar-refractivity contribution in [3.8, 4) is 0 Å². The van der Waals surface area contributed by atoms with Crippen LogP contribution in [0, 0.1) is 5.82 Å². The summed E-state index contributed by atoms with van der Waals surface area (Å²) in [5.74, 6) is 0.550. The molecule has 4 heteroatoms. The van der Waals surface area contributed by atoms with Crippen molar-refractivity contribution in [2.45, 2.75) is 32.4 Å². The summed E-state index contributed by atoms with van der Waals surface area (Å²) in [5, 5.41) is 3.44. The van der Waals surface area contributed by atoms with Gasteiger partial charge in [-0.05, 0) is 38.0 Å². The summed E-state index contributed by atoms with van der Waals surface area (Å²) in [4.78, 5) is 6.45. The van der Waals surface area contributed by atoms with E-state index < -0.39 is 0 Å². The fourth-order valence-corrected chi connectivity index (χ4v) is 2.45. The summed E-state index contributed by atoms with van der Waals surface area (Å²) in [7, 11) is 0. The van der Waals surface area contributed by atoms with Gasteiger partial charge in [0.05, 0.1) is 6.20 Å². The van der Waals surface area contributed by atoms with Crippen LogP contribution in [0.4, 0.5) is 15.9 Å². The van der Waals surface area contributed by atoms with Crippen LogP contribution in [0.2, 0.25) is 0 Å². The van der Waals surface area contributed by atoms with Gasteiger partial charge in [-0.1, -0.05) is 18.2 Å². The quantitative estimate of drug-likeness (QED) is 0.878. The Hall–Kier alpha value is -1.94. The number of aromatic nitrogens is 1. The van der Waals surface area contributed by atoms with Gasteiger partial charge in [0.1, 0.15) is 11.6 Å². The maximum Gasteiger partial charge on any atom is 0.141 e. The van der Waals surface area contributed by atoms with E-state index >= 15 is 0 Å². The normalized spacial score (nSPS) is 14.2. The molecule has 0 saturated heterocycles. The van der Waals surface area contributed by atoms with E-state index in [1.807, 2.05) is 30.3 Å². The minimum Gasteiger partial charge on any atom is -0.326 e. The standard InChI is InChI=1S/C17H20FN3/c1-2-21(16-6-4-3-5-7-16)17-13(10-14(18)12-20-17)11-19-15-8-9-15/h3-7,10,12,15,19H,2,8-9,11H2,1H3. The first-order valence-corrected chi connectivity index (χ1v) is 7.48. The van der Waals surface area contributed by atoms with E-state index in [1.54, 1.807) is 6.07 Å². The Kier molecular flexibility index (Phi) is 4.15. The molecular formula is C17H20FN3. The zero-order valence-corrected chi connectivity index (χ0v) is 12.2. The van der Waals surface area contributed by atoms with Gasteiger partial charge in [0.15, 0.2) is 0 Å². The van der Waals surface area contributed by atoms with Crippen LogP contribution in [0.1, 0.15) is 25.3 Å². The molecule has 1 aromatic heterocycles. The van der Waals surface area contributed by atoms with Crippen molar-refractivity contribution in [2.75, 3.05) is 11.4 Å². The smallest absolute Gasteiger partial charge is 0.141 e. The van der Waals surface area contributed by atoms with Crippen LogP contribution in [0.3, 0.4) is 0 Å². The molecule has 1 N–H and O–H groups in total. The molecule has 2 aromatic rings. The fourth-order valence-electron chi connectivity index (χ4n) is 2.45. The van der Waals surface area contributed by atoms with Gasteiger partial charge in [-0.2, -0.15) is 0 Å². The highest BCUT2D eigenvalue weighted by atomic mass is 19.1. The summed E-state index contributed by atoms with van der Waals surface area (Å²) in [6, 6.07) is 12.3. The van der Waals surface area contributed by atoms with Gasteiger partial charge in [-0.25, -0.2) is 9.37 Å². The minimum absolute atomic E-state index is 0.282. The number of rotatable bonds is 6. The summed E-state index contributed by atoms with van der Waals surface area (Å²) in [5.41, 5.74) is 1.99. The number of anilines is 2. The molecule has 1 fully saturated rings. The molecule has 21 heavy (non-hydrogen) atoms. The highest BCUT2D eigenvalue weighted by Crippen LogP contribution is 2.27. The third-order valence-corrected chi connectivity index (χ3v) is 3.71. The number of halogens is 1. The van der Waals surface area contributed by atoms with E-state index in [9.17, 15) is 4.39 Å². The lowest BCUT2D eigenvalue weighted by Gasteiger charge is -2.24. The number of hydrogen-bond acceptors (Lipinski definition) is 3. The molecule has 3 rings (SSSR count). The summed E-state index contributed by atoms with van der Waals surface area (Å²) in [6.07, 6.45) is 3.73. The van der Waals surface area contributed by atoms with Crippen LogP contribution in [0.25, 0.3) is 0 Å². The lowest BCUT2D eigenvalue weighted by Crippen LogP contribution is -2.22. The lowest BCUT2D eigenvalue weighted by molar-refractivity contribution is 0.611. The summed E-state index contributed by atoms with van der Waals surface area (Å²) < 4.78 is 13.5. The summed E-state index contributed by atoms with van der Waals surface area (Å²) in [6.45, 7) is 3.53. The monoisotopic (exact) mass is 285 g/mol. The molecule has 1 heterocycles. The molecule has 1 saturated carbocycles.